The number of nitrogens with one attached hydrogen (secondary N) is 4. The van der Waals surface area contributed by atoms with Gasteiger partial charge in [-0.05, 0) is 45.9 Å². The number of amides is 2. The van der Waals surface area contributed by atoms with E-state index in [0.717, 1.165) is 0 Å². The Morgan fingerprint density at radius 1 is 1.17 bits per heavy atom. The van der Waals surface area contributed by atoms with Crippen molar-refractivity contribution in [3.8, 4) is 0 Å². The van der Waals surface area contributed by atoms with Crippen LogP contribution >= 0.6 is 0 Å². The summed E-state index contributed by atoms with van der Waals surface area (Å²) in [6.45, 7) is 6.77. The van der Waals surface area contributed by atoms with Gasteiger partial charge in [0.1, 0.15) is 11.6 Å². The molecule has 8 nitrogen and oxygen atoms in total. The number of benzene rings is 1. The number of rotatable bonds is 3. The van der Waals surface area contributed by atoms with Crippen LogP contribution in [0, 0.1) is 0 Å². The molecule has 0 aliphatic rings. The molecule has 1 atom stereocenters. The van der Waals surface area contributed by atoms with Crippen LogP contribution in [-0.4, -0.2) is 33.6 Å². The lowest BCUT2D eigenvalue weighted by atomic mass is 10.2. The molecule has 1 aromatic carbocycles. The Hall–Kier alpha value is -2.77. The zero-order valence-electron chi connectivity index (χ0n) is 13.4. The third-order valence-electron chi connectivity index (χ3n) is 2.91. The van der Waals surface area contributed by atoms with Crippen molar-refractivity contribution in [2.45, 2.75) is 39.3 Å². The monoisotopic (exact) mass is 320 g/mol. The van der Waals surface area contributed by atoms with Gasteiger partial charge in [0.15, 0.2) is 0 Å². The molecule has 0 fully saturated rings. The van der Waals surface area contributed by atoms with Crippen molar-refractivity contribution in [1.29, 1.82) is 0 Å². The quantitative estimate of drug-likeness (QED) is 0.689. The topological polar surface area (TPSA) is 116 Å². The van der Waals surface area contributed by atoms with Gasteiger partial charge in [-0.15, -0.1) is 0 Å². The maximum Gasteiger partial charge on any atom is 0.408 e. The summed E-state index contributed by atoms with van der Waals surface area (Å²) in [5.74, 6) is -0.395. The number of ether oxygens (including phenoxy) is 1. The third kappa shape index (κ3) is 4.60. The van der Waals surface area contributed by atoms with Crippen LogP contribution in [-0.2, 0) is 9.53 Å². The zero-order valence-corrected chi connectivity index (χ0v) is 13.4. The first-order valence-corrected chi connectivity index (χ1v) is 7.16. The molecule has 0 aliphatic carbocycles. The molecule has 2 rings (SSSR count). The van der Waals surface area contributed by atoms with E-state index in [4.69, 9.17) is 4.74 Å². The van der Waals surface area contributed by atoms with Crippen LogP contribution in [0.25, 0.3) is 11.0 Å². The highest BCUT2D eigenvalue weighted by atomic mass is 16.6. The molecule has 0 saturated carbocycles. The van der Waals surface area contributed by atoms with Gasteiger partial charge in [-0.25, -0.2) is 9.59 Å². The Labute approximate surface area is 132 Å². The molecule has 0 aliphatic heterocycles. The number of fused-ring (bicyclic) bond motifs is 1. The number of aromatic nitrogens is 2. The summed E-state index contributed by atoms with van der Waals surface area (Å²) >= 11 is 0. The molecule has 2 amide bonds. The molecule has 4 N–H and O–H groups in total. The standard InChI is InChI=1S/C15H20N4O4/c1-8(16-14(22)23-15(2,3)4)12(20)17-9-5-6-10-11(7-9)19-13(21)18-10/h5-8H,1-4H3,(H,16,22)(H,17,20)(H2,18,19,21)/t8-/m1/s1. The van der Waals surface area contributed by atoms with E-state index >= 15 is 0 Å². The fraction of sp³-hybridized carbons (Fsp3) is 0.400. The van der Waals surface area contributed by atoms with Crippen molar-refractivity contribution in [2.24, 2.45) is 0 Å². The minimum Gasteiger partial charge on any atom is -0.444 e. The number of aromatic amines is 2. The SMILES string of the molecule is C[C@@H](NC(=O)OC(C)(C)C)C(=O)Nc1ccc2[nH]c(=O)[nH]c2c1. The summed E-state index contributed by atoms with van der Waals surface area (Å²) in [5, 5.41) is 5.13. The van der Waals surface area contributed by atoms with Crippen molar-refractivity contribution in [3.63, 3.8) is 0 Å². The molecule has 124 valence electrons. The minimum absolute atomic E-state index is 0.316. The van der Waals surface area contributed by atoms with Gasteiger partial charge < -0.3 is 25.3 Å². The highest BCUT2D eigenvalue weighted by Gasteiger charge is 2.21. The highest BCUT2D eigenvalue weighted by molar-refractivity contribution is 5.97. The van der Waals surface area contributed by atoms with Crippen LogP contribution < -0.4 is 16.3 Å². The van der Waals surface area contributed by atoms with Crippen molar-refractivity contribution >= 4 is 28.7 Å². The molecular weight excluding hydrogens is 300 g/mol. The maximum atomic E-state index is 12.1. The Bertz CT molecular complexity index is 785. The normalized spacial score (nSPS) is 12.7. The Morgan fingerprint density at radius 3 is 2.48 bits per heavy atom. The Kier molecular flexibility index (Phi) is 4.44. The van der Waals surface area contributed by atoms with Crippen LogP contribution in [0.1, 0.15) is 27.7 Å². The molecule has 0 unspecified atom stereocenters. The minimum atomic E-state index is -0.772. The van der Waals surface area contributed by atoms with E-state index in [9.17, 15) is 14.4 Å². The van der Waals surface area contributed by atoms with Gasteiger partial charge in [0.2, 0.25) is 5.91 Å². The smallest absolute Gasteiger partial charge is 0.408 e. The second-order valence-corrected chi connectivity index (χ2v) is 6.20. The van der Waals surface area contributed by atoms with E-state index in [1.54, 1.807) is 45.9 Å². The van der Waals surface area contributed by atoms with Gasteiger partial charge in [0.25, 0.3) is 0 Å². The van der Waals surface area contributed by atoms with E-state index in [2.05, 4.69) is 20.6 Å². The van der Waals surface area contributed by atoms with E-state index in [-0.39, 0.29) is 5.69 Å². The number of alkyl carbamates (subject to hydrolysis) is 1. The molecule has 8 heteroatoms. The van der Waals surface area contributed by atoms with Gasteiger partial charge >= 0.3 is 11.8 Å². The van der Waals surface area contributed by atoms with Crippen LogP contribution in [0.3, 0.4) is 0 Å². The van der Waals surface area contributed by atoms with Gasteiger partial charge in [-0.3, -0.25) is 4.79 Å². The third-order valence-corrected chi connectivity index (χ3v) is 2.91. The summed E-state index contributed by atoms with van der Waals surface area (Å²) < 4.78 is 5.10. The van der Waals surface area contributed by atoms with E-state index in [0.29, 0.717) is 16.7 Å². The molecular formula is C15H20N4O4. The Balaban J connectivity index is 1.99. The lowest BCUT2D eigenvalue weighted by Crippen LogP contribution is -2.43. The summed E-state index contributed by atoms with van der Waals surface area (Å²) in [6.07, 6.45) is -0.662. The summed E-state index contributed by atoms with van der Waals surface area (Å²) in [6, 6.07) is 4.19. The number of H-pyrrole nitrogens is 2. The van der Waals surface area contributed by atoms with Crippen molar-refractivity contribution in [1.82, 2.24) is 15.3 Å². The van der Waals surface area contributed by atoms with Crippen LogP contribution in [0.5, 0.6) is 0 Å². The first-order chi connectivity index (χ1) is 10.6. The van der Waals surface area contributed by atoms with Crippen LogP contribution in [0.2, 0.25) is 0 Å². The summed E-state index contributed by atoms with van der Waals surface area (Å²) in [5.41, 5.74) is 0.790. The number of carbonyl (C=O) groups excluding carboxylic acids is 2. The molecule has 0 spiro atoms. The highest BCUT2D eigenvalue weighted by Crippen LogP contribution is 2.14. The molecule has 2 aromatic rings. The summed E-state index contributed by atoms with van der Waals surface area (Å²) in [4.78, 5) is 40.2. The molecule has 0 bridgehead atoms. The molecule has 1 aromatic heterocycles. The predicted octanol–water partition coefficient (Wildman–Crippen LogP) is 1.71. The molecule has 0 radical (unpaired) electrons. The fourth-order valence-corrected chi connectivity index (χ4v) is 1.91. The zero-order chi connectivity index (χ0) is 17.2. The number of anilines is 1. The van der Waals surface area contributed by atoms with Gasteiger partial charge in [0.05, 0.1) is 11.0 Å². The molecule has 0 saturated heterocycles. The number of imidazole rings is 1. The van der Waals surface area contributed by atoms with E-state index in [1.807, 2.05) is 0 Å². The van der Waals surface area contributed by atoms with Crippen molar-refractivity contribution < 1.29 is 14.3 Å². The second-order valence-electron chi connectivity index (χ2n) is 6.20. The molecule has 23 heavy (non-hydrogen) atoms. The first-order valence-electron chi connectivity index (χ1n) is 7.16. The first kappa shape index (κ1) is 16.6. The van der Waals surface area contributed by atoms with E-state index < -0.39 is 23.6 Å². The van der Waals surface area contributed by atoms with Crippen molar-refractivity contribution in [3.05, 3.63) is 28.7 Å². The van der Waals surface area contributed by atoms with Crippen LogP contribution in [0.4, 0.5) is 10.5 Å². The van der Waals surface area contributed by atoms with E-state index in [1.165, 1.54) is 0 Å². The average molecular weight is 320 g/mol. The molecule has 1 heterocycles. The van der Waals surface area contributed by atoms with Gasteiger partial charge in [0, 0.05) is 5.69 Å². The van der Waals surface area contributed by atoms with Crippen molar-refractivity contribution in [2.75, 3.05) is 5.32 Å². The average Bonchev–Trinajstić information content (AvgIpc) is 2.75. The number of carbonyl (C=O) groups is 2. The summed E-state index contributed by atoms with van der Waals surface area (Å²) in [7, 11) is 0. The van der Waals surface area contributed by atoms with Gasteiger partial charge in [-0.2, -0.15) is 0 Å². The lowest BCUT2D eigenvalue weighted by Gasteiger charge is -2.21. The predicted molar refractivity (Wildman–Crippen MR) is 86.4 cm³/mol. The number of hydrogen-bond acceptors (Lipinski definition) is 4. The number of hydrogen-bond donors (Lipinski definition) is 4. The fourth-order valence-electron chi connectivity index (χ4n) is 1.91. The van der Waals surface area contributed by atoms with Gasteiger partial charge in [-0.1, -0.05) is 0 Å². The maximum absolute atomic E-state index is 12.1. The van der Waals surface area contributed by atoms with Crippen LogP contribution in [0.15, 0.2) is 23.0 Å². The lowest BCUT2D eigenvalue weighted by molar-refractivity contribution is -0.117. The Morgan fingerprint density at radius 2 is 1.83 bits per heavy atom. The largest absolute Gasteiger partial charge is 0.444 e. The second kappa shape index (κ2) is 6.15.